The molecule has 1 rings (SSSR count). The van der Waals surface area contributed by atoms with Gasteiger partial charge in [-0.15, -0.1) is 0 Å². The van der Waals surface area contributed by atoms with Crippen molar-refractivity contribution >= 4 is 11.8 Å². The minimum Gasteiger partial charge on any atom is -0.394 e. The van der Waals surface area contributed by atoms with E-state index >= 15 is 0 Å². The molecule has 1 aliphatic rings. The Balaban J connectivity index is 2.78. The van der Waals surface area contributed by atoms with Crippen molar-refractivity contribution in [2.24, 2.45) is 0 Å². The summed E-state index contributed by atoms with van der Waals surface area (Å²) in [4.78, 5) is 24.4. The van der Waals surface area contributed by atoms with Gasteiger partial charge in [-0.3, -0.25) is 14.5 Å². The molecule has 1 N–H and O–H groups in total. The highest BCUT2D eigenvalue weighted by molar-refractivity contribution is 5.96. The fourth-order valence-electron chi connectivity index (χ4n) is 1.73. The second-order valence-corrected chi connectivity index (χ2v) is 3.61. The predicted molar refractivity (Wildman–Crippen MR) is 51.5 cm³/mol. The normalized spacial score (nSPS) is 20.9. The van der Waals surface area contributed by atoms with Crippen LogP contribution < -0.4 is 0 Å². The van der Waals surface area contributed by atoms with Crippen LogP contribution in [0.5, 0.6) is 0 Å². The van der Waals surface area contributed by atoms with Crippen LogP contribution in [0.25, 0.3) is 0 Å². The van der Waals surface area contributed by atoms with E-state index in [2.05, 4.69) is 0 Å². The molecule has 0 aliphatic carbocycles. The maximum absolute atomic E-state index is 11.6. The summed E-state index contributed by atoms with van der Waals surface area (Å²) in [5.74, 6) is -0.262. The molecule has 80 valence electrons. The molecular formula is C10H17NO3. The number of amides is 2. The summed E-state index contributed by atoms with van der Waals surface area (Å²) in [6, 6.07) is -0.326. The van der Waals surface area contributed by atoms with Gasteiger partial charge in [0.1, 0.15) is 0 Å². The van der Waals surface area contributed by atoms with Gasteiger partial charge < -0.3 is 5.11 Å². The third-order valence-electron chi connectivity index (χ3n) is 2.62. The van der Waals surface area contributed by atoms with E-state index in [-0.39, 0.29) is 24.5 Å². The van der Waals surface area contributed by atoms with E-state index in [0.29, 0.717) is 19.3 Å². The molecule has 1 saturated heterocycles. The summed E-state index contributed by atoms with van der Waals surface area (Å²) in [6.07, 6.45) is 3.05. The molecule has 1 atom stereocenters. The first-order valence-corrected chi connectivity index (χ1v) is 5.16. The van der Waals surface area contributed by atoms with E-state index in [0.717, 1.165) is 12.8 Å². The van der Waals surface area contributed by atoms with Crippen molar-refractivity contribution in [2.75, 3.05) is 6.61 Å². The molecule has 0 saturated carbocycles. The lowest BCUT2D eigenvalue weighted by atomic mass is 10.2. The van der Waals surface area contributed by atoms with Gasteiger partial charge in [-0.2, -0.15) is 0 Å². The van der Waals surface area contributed by atoms with Crippen LogP contribution in [-0.4, -0.2) is 34.5 Å². The van der Waals surface area contributed by atoms with Crippen LogP contribution in [0.3, 0.4) is 0 Å². The Kier molecular flexibility index (Phi) is 4.07. The van der Waals surface area contributed by atoms with E-state index in [4.69, 9.17) is 5.11 Å². The van der Waals surface area contributed by atoms with Gasteiger partial charge in [0.15, 0.2) is 0 Å². The predicted octanol–water partition coefficient (Wildman–Crippen LogP) is 0.686. The zero-order valence-electron chi connectivity index (χ0n) is 8.53. The monoisotopic (exact) mass is 199 g/mol. The van der Waals surface area contributed by atoms with Crippen molar-refractivity contribution in [1.82, 2.24) is 4.90 Å². The second-order valence-electron chi connectivity index (χ2n) is 3.61. The molecule has 1 aliphatic heterocycles. The molecule has 1 heterocycles. The number of likely N-dealkylation sites (tertiary alicyclic amines) is 1. The fourth-order valence-corrected chi connectivity index (χ4v) is 1.73. The summed E-state index contributed by atoms with van der Waals surface area (Å²) in [5.41, 5.74) is 0. The van der Waals surface area contributed by atoms with Gasteiger partial charge in [0, 0.05) is 12.8 Å². The number of hydrogen-bond donors (Lipinski definition) is 1. The Morgan fingerprint density at radius 3 is 2.14 bits per heavy atom. The number of aliphatic hydroxyl groups is 1. The SMILES string of the molecule is CC[C@@H](CO)N1C(=O)CCCCC1=O. The Morgan fingerprint density at radius 1 is 1.29 bits per heavy atom. The summed E-state index contributed by atoms with van der Waals surface area (Å²) in [7, 11) is 0. The highest BCUT2D eigenvalue weighted by atomic mass is 16.3. The number of imide groups is 1. The quantitative estimate of drug-likeness (QED) is 0.680. The van der Waals surface area contributed by atoms with Gasteiger partial charge >= 0.3 is 0 Å². The van der Waals surface area contributed by atoms with Crippen LogP contribution in [0.2, 0.25) is 0 Å². The highest BCUT2D eigenvalue weighted by Crippen LogP contribution is 2.16. The van der Waals surface area contributed by atoms with Crippen LogP contribution in [0.1, 0.15) is 39.0 Å². The molecule has 0 spiro atoms. The smallest absolute Gasteiger partial charge is 0.229 e. The molecule has 1 fully saturated rings. The number of aliphatic hydroxyl groups excluding tert-OH is 1. The number of carbonyl (C=O) groups is 2. The molecule has 2 amide bonds. The van der Waals surface area contributed by atoms with E-state index in [1.165, 1.54) is 4.90 Å². The van der Waals surface area contributed by atoms with Crippen molar-refractivity contribution < 1.29 is 14.7 Å². The van der Waals surface area contributed by atoms with Crippen LogP contribution in [0, 0.1) is 0 Å². The number of nitrogens with zero attached hydrogens (tertiary/aromatic N) is 1. The van der Waals surface area contributed by atoms with Crippen LogP contribution in [0.4, 0.5) is 0 Å². The first kappa shape index (κ1) is 11.2. The van der Waals surface area contributed by atoms with Gasteiger partial charge in [-0.25, -0.2) is 0 Å². The lowest BCUT2D eigenvalue weighted by Gasteiger charge is -2.26. The Bertz CT molecular complexity index is 205. The zero-order chi connectivity index (χ0) is 10.6. The molecule has 14 heavy (non-hydrogen) atoms. The number of rotatable bonds is 3. The molecule has 0 bridgehead atoms. The molecular weight excluding hydrogens is 182 g/mol. The topological polar surface area (TPSA) is 57.6 Å². The van der Waals surface area contributed by atoms with Crippen molar-refractivity contribution in [3.63, 3.8) is 0 Å². The number of hydrogen-bond acceptors (Lipinski definition) is 3. The Hall–Kier alpha value is -0.900. The lowest BCUT2D eigenvalue weighted by molar-refractivity contribution is -0.147. The minimum atomic E-state index is -0.326. The molecule has 0 unspecified atom stereocenters. The molecule has 4 heteroatoms. The maximum atomic E-state index is 11.6. The first-order valence-electron chi connectivity index (χ1n) is 5.16. The summed E-state index contributed by atoms with van der Waals surface area (Å²) >= 11 is 0. The third kappa shape index (κ3) is 2.32. The van der Waals surface area contributed by atoms with Crippen LogP contribution >= 0.6 is 0 Å². The molecule has 0 radical (unpaired) electrons. The van der Waals surface area contributed by atoms with Gasteiger partial charge in [0.05, 0.1) is 12.6 Å². The standard InChI is InChI=1S/C10H17NO3/c1-2-8(7-12)11-9(13)5-3-4-6-10(11)14/h8,12H,2-7H2,1H3/t8-/m0/s1. The molecule has 0 aromatic carbocycles. The van der Waals surface area contributed by atoms with Crippen molar-refractivity contribution in [2.45, 2.75) is 45.1 Å². The van der Waals surface area contributed by atoms with E-state index in [1.807, 2.05) is 6.92 Å². The van der Waals surface area contributed by atoms with Gasteiger partial charge in [-0.1, -0.05) is 6.92 Å². The summed E-state index contributed by atoms with van der Waals surface area (Å²) in [5, 5.41) is 9.06. The molecule has 0 aromatic rings. The van der Waals surface area contributed by atoms with Crippen molar-refractivity contribution in [3.05, 3.63) is 0 Å². The van der Waals surface area contributed by atoms with E-state index < -0.39 is 0 Å². The highest BCUT2D eigenvalue weighted by Gasteiger charge is 2.29. The van der Waals surface area contributed by atoms with E-state index in [1.54, 1.807) is 0 Å². The fraction of sp³-hybridized carbons (Fsp3) is 0.800. The Morgan fingerprint density at radius 2 is 1.79 bits per heavy atom. The average Bonchev–Trinajstić information content (AvgIpc) is 2.33. The van der Waals surface area contributed by atoms with Gasteiger partial charge in [0.2, 0.25) is 11.8 Å². The zero-order valence-corrected chi connectivity index (χ0v) is 8.53. The first-order chi connectivity index (χ1) is 6.70. The second kappa shape index (κ2) is 5.10. The summed E-state index contributed by atoms with van der Waals surface area (Å²) in [6.45, 7) is 1.74. The van der Waals surface area contributed by atoms with Crippen LogP contribution in [0.15, 0.2) is 0 Å². The Labute approximate surface area is 83.9 Å². The summed E-state index contributed by atoms with van der Waals surface area (Å²) < 4.78 is 0. The maximum Gasteiger partial charge on any atom is 0.229 e. The van der Waals surface area contributed by atoms with Gasteiger partial charge in [-0.05, 0) is 19.3 Å². The average molecular weight is 199 g/mol. The largest absolute Gasteiger partial charge is 0.394 e. The van der Waals surface area contributed by atoms with Crippen molar-refractivity contribution in [3.8, 4) is 0 Å². The molecule has 0 aromatic heterocycles. The van der Waals surface area contributed by atoms with Crippen LogP contribution in [-0.2, 0) is 9.59 Å². The third-order valence-corrected chi connectivity index (χ3v) is 2.62. The molecule has 4 nitrogen and oxygen atoms in total. The van der Waals surface area contributed by atoms with E-state index in [9.17, 15) is 9.59 Å². The minimum absolute atomic E-state index is 0.131. The lowest BCUT2D eigenvalue weighted by Crippen LogP contribution is -2.45. The van der Waals surface area contributed by atoms with Crippen molar-refractivity contribution in [1.29, 1.82) is 0 Å². The number of carbonyl (C=O) groups excluding carboxylic acids is 2. The van der Waals surface area contributed by atoms with Gasteiger partial charge in [0.25, 0.3) is 0 Å².